The zero-order valence-corrected chi connectivity index (χ0v) is 12.8. The van der Waals surface area contributed by atoms with Crippen LogP contribution in [-0.2, 0) is 0 Å². The van der Waals surface area contributed by atoms with Crippen molar-refractivity contribution in [1.82, 2.24) is 0 Å². The van der Waals surface area contributed by atoms with Gasteiger partial charge in [-0.15, -0.1) is 0 Å². The Morgan fingerprint density at radius 3 is 2.32 bits per heavy atom. The number of fused-ring (bicyclic) bond motifs is 1. The average Bonchev–Trinajstić information content (AvgIpc) is 2.59. The van der Waals surface area contributed by atoms with Crippen LogP contribution >= 0.6 is 0 Å². The van der Waals surface area contributed by atoms with Crippen LogP contribution in [0.15, 0.2) is 72.8 Å². The van der Waals surface area contributed by atoms with E-state index in [1.165, 1.54) is 16.3 Å². The summed E-state index contributed by atoms with van der Waals surface area (Å²) in [7, 11) is 0. The van der Waals surface area contributed by atoms with Gasteiger partial charge in [0.25, 0.3) is 0 Å². The highest BCUT2D eigenvalue weighted by molar-refractivity contribution is 5.96. The Hall–Kier alpha value is -2.41. The summed E-state index contributed by atoms with van der Waals surface area (Å²) in [6, 6.07) is 24.5. The summed E-state index contributed by atoms with van der Waals surface area (Å²) in [4.78, 5) is 12.2. The lowest BCUT2D eigenvalue weighted by molar-refractivity contribution is 0.0978. The van der Waals surface area contributed by atoms with Crippen LogP contribution in [0.4, 0.5) is 0 Å². The molecule has 1 atom stereocenters. The summed E-state index contributed by atoms with van der Waals surface area (Å²) in [6.45, 7) is 2.20. The van der Waals surface area contributed by atoms with E-state index >= 15 is 0 Å². The molecule has 0 aliphatic heterocycles. The number of hydrogen-bond donors (Lipinski definition) is 0. The molecule has 0 radical (unpaired) electrons. The Kier molecular flexibility index (Phi) is 4.34. The maximum Gasteiger partial charge on any atom is 0.162 e. The molecule has 0 fully saturated rings. The molecule has 0 aromatic heterocycles. The molecule has 3 rings (SSSR count). The first-order valence-corrected chi connectivity index (χ1v) is 7.81. The van der Waals surface area contributed by atoms with E-state index in [9.17, 15) is 4.79 Å². The van der Waals surface area contributed by atoms with E-state index in [0.29, 0.717) is 12.3 Å². The molecule has 22 heavy (non-hydrogen) atoms. The van der Waals surface area contributed by atoms with Gasteiger partial charge in [0, 0.05) is 12.0 Å². The SMILES string of the molecule is C[C@H](CCC(=O)c1ccccc1)c1ccc2ccccc2c1. The zero-order valence-electron chi connectivity index (χ0n) is 12.8. The third kappa shape index (κ3) is 3.25. The first-order valence-electron chi connectivity index (χ1n) is 7.81. The topological polar surface area (TPSA) is 17.1 Å². The Bertz CT molecular complexity index is 774. The van der Waals surface area contributed by atoms with Gasteiger partial charge in [-0.1, -0.05) is 79.7 Å². The van der Waals surface area contributed by atoms with Crippen LogP contribution in [0.5, 0.6) is 0 Å². The molecule has 0 spiro atoms. The summed E-state index contributed by atoms with van der Waals surface area (Å²) < 4.78 is 0. The molecule has 0 heterocycles. The minimum absolute atomic E-state index is 0.230. The maximum absolute atomic E-state index is 12.2. The quantitative estimate of drug-likeness (QED) is 0.558. The van der Waals surface area contributed by atoms with Gasteiger partial charge in [0.05, 0.1) is 0 Å². The van der Waals surface area contributed by atoms with E-state index in [4.69, 9.17) is 0 Å². The molecule has 0 unspecified atom stereocenters. The summed E-state index contributed by atoms with van der Waals surface area (Å²) in [5.74, 6) is 0.616. The fourth-order valence-corrected chi connectivity index (χ4v) is 2.80. The lowest BCUT2D eigenvalue weighted by Gasteiger charge is -2.12. The lowest BCUT2D eigenvalue weighted by atomic mass is 9.92. The maximum atomic E-state index is 12.2. The minimum Gasteiger partial charge on any atom is -0.294 e. The number of ketones is 1. The Morgan fingerprint density at radius 1 is 0.864 bits per heavy atom. The fourth-order valence-electron chi connectivity index (χ4n) is 2.80. The second kappa shape index (κ2) is 6.57. The predicted molar refractivity (Wildman–Crippen MR) is 92.4 cm³/mol. The summed E-state index contributed by atoms with van der Waals surface area (Å²) in [5.41, 5.74) is 2.12. The fraction of sp³-hybridized carbons (Fsp3) is 0.190. The molecule has 110 valence electrons. The molecule has 1 nitrogen and oxygen atoms in total. The predicted octanol–water partition coefficient (Wildman–Crippen LogP) is 5.61. The van der Waals surface area contributed by atoms with Gasteiger partial charge in [-0.05, 0) is 28.7 Å². The molecule has 0 aliphatic rings. The Morgan fingerprint density at radius 2 is 1.55 bits per heavy atom. The second-order valence-electron chi connectivity index (χ2n) is 5.84. The first kappa shape index (κ1) is 14.5. The number of Topliss-reactive ketones (excluding diaryl/α,β-unsaturated/α-hetero) is 1. The van der Waals surface area contributed by atoms with Gasteiger partial charge in [-0.3, -0.25) is 4.79 Å². The monoisotopic (exact) mass is 288 g/mol. The van der Waals surface area contributed by atoms with E-state index < -0.39 is 0 Å². The van der Waals surface area contributed by atoms with Gasteiger partial charge in [0.15, 0.2) is 5.78 Å². The number of hydrogen-bond acceptors (Lipinski definition) is 1. The number of carbonyl (C=O) groups is 1. The molecule has 0 bridgehead atoms. The van der Waals surface area contributed by atoms with Crippen molar-refractivity contribution in [2.24, 2.45) is 0 Å². The third-order valence-electron chi connectivity index (χ3n) is 4.24. The van der Waals surface area contributed by atoms with Crippen molar-refractivity contribution in [3.8, 4) is 0 Å². The van der Waals surface area contributed by atoms with Crippen LogP contribution in [0, 0.1) is 0 Å². The summed E-state index contributed by atoms with van der Waals surface area (Å²) in [6.07, 6.45) is 1.48. The smallest absolute Gasteiger partial charge is 0.162 e. The van der Waals surface area contributed by atoms with Gasteiger partial charge in [-0.2, -0.15) is 0 Å². The average molecular weight is 288 g/mol. The number of rotatable bonds is 5. The molecular weight excluding hydrogens is 268 g/mol. The van der Waals surface area contributed by atoms with Crippen molar-refractivity contribution < 1.29 is 4.79 Å². The van der Waals surface area contributed by atoms with E-state index in [2.05, 4.69) is 49.4 Å². The number of carbonyl (C=O) groups excluding carboxylic acids is 1. The van der Waals surface area contributed by atoms with E-state index in [1.807, 2.05) is 30.3 Å². The molecule has 0 saturated carbocycles. The first-order chi connectivity index (χ1) is 10.7. The van der Waals surface area contributed by atoms with Gasteiger partial charge in [0.1, 0.15) is 0 Å². The lowest BCUT2D eigenvalue weighted by Crippen LogP contribution is -2.02. The molecule has 0 aliphatic carbocycles. The van der Waals surface area contributed by atoms with Crippen LogP contribution in [-0.4, -0.2) is 5.78 Å². The number of benzene rings is 3. The molecular formula is C21H20O. The van der Waals surface area contributed by atoms with Gasteiger partial charge < -0.3 is 0 Å². The molecule has 0 N–H and O–H groups in total. The van der Waals surface area contributed by atoms with Crippen molar-refractivity contribution in [2.45, 2.75) is 25.7 Å². The van der Waals surface area contributed by atoms with Gasteiger partial charge in [0.2, 0.25) is 0 Å². The van der Waals surface area contributed by atoms with Gasteiger partial charge >= 0.3 is 0 Å². The summed E-state index contributed by atoms with van der Waals surface area (Å²) >= 11 is 0. The standard InChI is InChI=1S/C21H20O/c1-16(11-14-21(22)18-8-3-2-4-9-18)19-13-12-17-7-5-6-10-20(17)15-19/h2-10,12-13,15-16H,11,14H2,1H3/t16-/m1/s1. The highest BCUT2D eigenvalue weighted by Crippen LogP contribution is 2.25. The largest absolute Gasteiger partial charge is 0.294 e. The van der Waals surface area contributed by atoms with Crippen molar-refractivity contribution in [3.05, 3.63) is 83.9 Å². The van der Waals surface area contributed by atoms with Crippen molar-refractivity contribution in [1.29, 1.82) is 0 Å². The van der Waals surface area contributed by atoms with Gasteiger partial charge in [-0.25, -0.2) is 0 Å². The Labute approximate surface area is 131 Å². The minimum atomic E-state index is 0.230. The normalized spacial score (nSPS) is 12.2. The molecule has 3 aromatic rings. The van der Waals surface area contributed by atoms with Crippen molar-refractivity contribution in [2.75, 3.05) is 0 Å². The van der Waals surface area contributed by atoms with Crippen LogP contribution in [0.25, 0.3) is 10.8 Å². The van der Waals surface area contributed by atoms with Crippen LogP contribution in [0.2, 0.25) is 0 Å². The van der Waals surface area contributed by atoms with Crippen molar-refractivity contribution >= 4 is 16.6 Å². The van der Waals surface area contributed by atoms with Crippen molar-refractivity contribution in [3.63, 3.8) is 0 Å². The summed E-state index contributed by atoms with van der Waals surface area (Å²) in [5, 5.41) is 2.53. The van der Waals surface area contributed by atoms with E-state index in [-0.39, 0.29) is 5.78 Å². The third-order valence-corrected chi connectivity index (χ3v) is 4.24. The molecule has 0 saturated heterocycles. The Balaban J connectivity index is 1.68. The van der Waals surface area contributed by atoms with Crippen LogP contribution in [0.3, 0.4) is 0 Å². The zero-order chi connectivity index (χ0) is 15.4. The van der Waals surface area contributed by atoms with Crippen LogP contribution in [0.1, 0.15) is 41.6 Å². The van der Waals surface area contributed by atoms with Crippen LogP contribution < -0.4 is 0 Å². The second-order valence-corrected chi connectivity index (χ2v) is 5.84. The molecule has 0 amide bonds. The molecule has 1 heteroatoms. The highest BCUT2D eigenvalue weighted by Gasteiger charge is 2.10. The highest BCUT2D eigenvalue weighted by atomic mass is 16.1. The molecule has 3 aromatic carbocycles. The van der Waals surface area contributed by atoms with E-state index in [1.54, 1.807) is 0 Å². The van der Waals surface area contributed by atoms with E-state index in [0.717, 1.165) is 12.0 Å².